The second-order valence-electron chi connectivity index (χ2n) is 9.51. The number of likely N-dealkylation sites (N-methyl/N-ethyl adjacent to an activating group) is 1. The largest absolute Gasteiger partial charge is 0.355 e. The van der Waals surface area contributed by atoms with E-state index in [-0.39, 0.29) is 29.1 Å². The lowest BCUT2D eigenvalue weighted by Crippen LogP contribution is -2.53. The lowest BCUT2D eigenvalue weighted by atomic mass is 10.0. The number of amides is 2. The number of hydrogen-bond donors (Lipinski definition) is 1. The van der Waals surface area contributed by atoms with Gasteiger partial charge in [0.25, 0.3) is 10.0 Å². The van der Waals surface area contributed by atoms with Crippen molar-refractivity contribution in [2.24, 2.45) is 0 Å². The highest BCUT2D eigenvalue weighted by Gasteiger charge is 2.34. The number of carbonyl (C=O) groups excluding carboxylic acids is 2. The zero-order valence-electron chi connectivity index (χ0n) is 23.0. The van der Waals surface area contributed by atoms with E-state index in [4.69, 9.17) is 11.6 Å². The van der Waals surface area contributed by atoms with Crippen molar-refractivity contribution in [3.8, 4) is 0 Å². The SMILES string of the molecule is CCNC(=O)C(Cc1ccccc1)N(Cc1ccccc1F)C(=O)CN(c1ccccc1)S(=O)(=O)c1ccc(Cl)cc1. The molecule has 0 aliphatic carbocycles. The molecule has 4 aromatic rings. The van der Waals surface area contributed by atoms with E-state index in [0.29, 0.717) is 11.6 Å². The van der Waals surface area contributed by atoms with Gasteiger partial charge in [0.2, 0.25) is 11.8 Å². The van der Waals surface area contributed by atoms with E-state index in [1.165, 1.54) is 47.4 Å². The molecule has 0 bridgehead atoms. The predicted octanol–water partition coefficient (Wildman–Crippen LogP) is 5.45. The third-order valence-electron chi connectivity index (χ3n) is 6.65. The van der Waals surface area contributed by atoms with Crippen LogP contribution in [0.1, 0.15) is 18.1 Å². The number of para-hydroxylation sites is 1. The van der Waals surface area contributed by atoms with Crippen LogP contribution in [0.15, 0.2) is 114 Å². The van der Waals surface area contributed by atoms with Crippen molar-refractivity contribution >= 4 is 39.1 Å². The van der Waals surface area contributed by atoms with Crippen molar-refractivity contribution in [3.05, 3.63) is 131 Å². The lowest BCUT2D eigenvalue weighted by Gasteiger charge is -2.33. The molecule has 0 fully saturated rings. The molecule has 0 aromatic heterocycles. The first-order valence-corrected chi connectivity index (χ1v) is 15.2. The Morgan fingerprint density at radius 1 is 0.857 bits per heavy atom. The van der Waals surface area contributed by atoms with E-state index < -0.39 is 40.2 Å². The number of carbonyl (C=O) groups is 2. The van der Waals surface area contributed by atoms with Crippen LogP contribution >= 0.6 is 11.6 Å². The highest BCUT2D eigenvalue weighted by Crippen LogP contribution is 2.26. The first kappa shape index (κ1) is 30.7. The monoisotopic (exact) mass is 607 g/mol. The zero-order valence-corrected chi connectivity index (χ0v) is 24.6. The van der Waals surface area contributed by atoms with Crippen LogP contribution in [0.4, 0.5) is 10.1 Å². The van der Waals surface area contributed by atoms with Gasteiger partial charge in [-0.15, -0.1) is 0 Å². The van der Waals surface area contributed by atoms with Crippen LogP contribution in [0.5, 0.6) is 0 Å². The van der Waals surface area contributed by atoms with Gasteiger partial charge < -0.3 is 10.2 Å². The second kappa shape index (κ2) is 14.1. The smallest absolute Gasteiger partial charge is 0.264 e. The summed E-state index contributed by atoms with van der Waals surface area (Å²) in [6, 6.07) is 27.9. The molecule has 4 aromatic carbocycles. The number of nitrogens with zero attached hydrogens (tertiary/aromatic N) is 2. The zero-order chi connectivity index (χ0) is 30.1. The summed E-state index contributed by atoms with van der Waals surface area (Å²) in [6.07, 6.45) is 0.141. The first-order chi connectivity index (χ1) is 20.2. The Morgan fingerprint density at radius 2 is 1.45 bits per heavy atom. The van der Waals surface area contributed by atoms with Gasteiger partial charge in [-0.2, -0.15) is 0 Å². The third kappa shape index (κ3) is 7.54. The maximum atomic E-state index is 14.9. The van der Waals surface area contributed by atoms with Gasteiger partial charge in [-0.3, -0.25) is 13.9 Å². The van der Waals surface area contributed by atoms with E-state index in [1.54, 1.807) is 43.3 Å². The summed E-state index contributed by atoms with van der Waals surface area (Å²) < 4.78 is 43.6. The molecule has 0 aliphatic rings. The minimum Gasteiger partial charge on any atom is -0.355 e. The number of benzene rings is 4. The average Bonchev–Trinajstić information content (AvgIpc) is 2.99. The topological polar surface area (TPSA) is 86.8 Å². The van der Waals surface area contributed by atoms with Gasteiger partial charge in [0, 0.05) is 30.1 Å². The fourth-order valence-corrected chi connectivity index (χ4v) is 6.05. The standard InChI is InChI=1S/C32H31ClFN3O4S/c1-2-35-32(39)30(21-24-11-5-3-6-12-24)36(22-25-13-9-10-16-29(25)34)31(38)23-37(27-14-7-4-8-15-27)42(40,41)28-19-17-26(33)18-20-28/h3-20,30H,2,21-23H2,1H3,(H,35,39). The number of hydrogen-bond acceptors (Lipinski definition) is 4. The van der Waals surface area contributed by atoms with Gasteiger partial charge in [-0.1, -0.05) is 78.3 Å². The van der Waals surface area contributed by atoms with E-state index in [1.807, 2.05) is 30.3 Å². The van der Waals surface area contributed by atoms with Crippen LogP contribution in [0, 0.1) is 5.82 Å². The number of rotatable bonds is 12. The second-order valence-corrected chi connectivity index (χ2v) is 11.8. The van der Waals surface area contributed by atoms with E-state index >= 15 is 0 Å². The molecule has 1 unspecified atom stereocenters. The molecular formula is C32H31ClFN3O4S. The van der Waals surface area contributed by atoms with Crippen molar-refractivity contribution < 1.29 is 22.4 Å². The Bertz CT molecular complexity index is 1600. The van der Waals surface area contributed by atoms with Crippen LogP contribution in [-0.2, 0) is 32.6 Å². The Hall–Kier alpha value is -4.21. The van der Waals surface area contributed by atoms with Gasteiger partial charge in [0.05, 0.1) is 10.6 Å². The third-order valence-corrected chi connectivity index (χ3v) is 8.69. The van der Waals surface area contributed by atoms with Gasteiger partial charge in [-0.05, 0) is 55.0 Å². The summed E-state index contributed by atoms with van der Waals surface area (Å²) >= 11 is 5.99. The summed E-state index contributed by atoms with van der Waals surface area (Å²) in [6.45, 7) is 1.20. The van der Waals surface area contributed by atoms with Gasteiger partial charge in [0.15, 0.2) is 0 Å². The maximum Gasteiger partial charge on any atom is 0.264 e. The maximum absolute atomic E-state index is 14.9. The van der Waals surface area contributed by atoms with Crippen LogP contribution < -0.4 is 9.62 Å². The normalized spacial score (nSPS) is 11.9. The molecule has 0 spiro atoms. The van der Waals surface area contributed by atoms with Crippen molar-refractivity contribution in [2.45, 2.75) is 30.8 Å². The molecule has 1 N–H and O–H groups in total. The fraction of sp³-hybridized carbons (Fsp3) is 0.188. The summed E-state index contributed by atoms with van der Waals surface area (Å²) in [5.41, 5.74) is 1.23. The Balaban J connectivity index is 1.78. The molecule has 0 saturated heterocycles. The Kier molecular flexibility index (Phi) is 10.3. The summed E-state index contributed by atoms with van der Waals surface area (Å²) in [4.78, 5) is 28.8. The molecule has 7 nitrogen and oxygen atoms in total. The highest BCUT2D eigenvalue weighted by atomic mass is 35.5. The Labute approximate surface area is 250 Å². The molecule has 4 rings (SSSR count). The number of nitrogens with one attached hydrogen (secondary N) is 1. The molecule has 42 heavy (non-hydrogen) atoms. The highest BCUT2D eigenvalue weighted by molar-refractivity contribution is 7.92. The van der Waals surface area contributed by atoms with Crippen molar-refractivity contribution in [1.82, 2.24) is 10.2 Å². The van der Waals surface area contributed by atoms with Crippen LogP contribution in [-0.4, -0.2) is 44.3 Å². The minimum atomic E-state index is -4.24. The summed E-state index contributed by atoms with van der Waals surface area (Å²) in [7, 11) is -4.24. The molecule has 0 radical (unpaired) electrons. The quantitative estimate of drug-likeness (QED) is 0.232. The predicted molar refractivity (Wildman–Crippen MR) is 162 cm³/mol. The van der Waals surface area contributed by atoms with Crippen molar-refractivity contribution in [2.75, 3.05) is 17.4 Å². The molecule has 1 atom stereocenters. The fourth-order valence-electron chi connectivity index (χ4n) is 4.51. The summed E-state index contributed by atoms with van der Waals surface area (Å²) in [5.74, 6) is -1.65. The molecule has 0 heterocycles. The Morgan fingerprint density at radius 3 is 2.07 bits per heavy atom. The van der Waals surface area contributed by atoms with Crippen molar-refractivity contribution in [1.29, 1.82) is 0 Å². The van der Waals surface area contributed by atoms with E-state index in [9.17, 15) is 22.4 Å². The minimum absolute atomic E-state index is 0.0613. The molecule has 0 aliphatic heterocycles. The molecular weight excluding hydrogens is 577 g/mol. The molecule has 218 valence electrons. The van der Waals surface area contributed by atoms with E-state index in [2.05, 4.69) is 5.32 Å². The lowest BCUT2D eigenvalue weighted by molar-refractivity contribution is -0.140. The molecule has 0 saturated carbocycles. The van der Waals surface area contributed by atoms with Crippen LogP contribution in [0.3, 0.4) is 0 Å². The van der Waals surface area contributed by atoms with Crippen molar-refractivity contribution in [3.63, 3.8) is 0 Å². The van der Waals surface area contributed by atoms with Gasteiger partial charge >= 0.3 is 0 Å². The number of anilines is 1. The number of halogens is 2. The van der Waals surface area contributed by atoms with Crippen LogP contribution in [0.2, 0.25) is 5.02 Å². The number of sulfonamides is 1. The van der Waals surface area contributed by atoms with Crippen LogP contribution in [0.25, 0.3) is 0 Å². The van der Waals surface area contributed by atoms with Gasteiger partial charge in [0.1, 0.15) is 18.4 Å². The molecule has 10 heteroatoms. The average molecular weight is 608 g/mol. The molecule has 2 amide bonds. The first-order valence-electron chi connectivity index (χ1n) is 13.4. The van der Waals surface area contributed by atoms with E-state index in [0.717, 1.165) is 9.87 Å². The van der Waals surface area contributed by atoms with Gasteiger partial charge in [-0.25, -0.2) is 12.8 Å². The summed E-state index contributed by atoms with van der Waals surface area (Å²) in [5, 5.41) is 3.14.